The second-order valence-corrected chi connectivity index (χ2v) is 77.3. The molecule has 0 aromatic heterocycles. The number of hydrogen-bond acceptors (Lipinski definition) is 1. The van der Waals surface area contributed by atoms with E-state index in [4.69, 9.17) is 0 Å². The summed E-state index contributed by atoms with van der Waals surface area (Å²) in [6.45, 7) is 46.8. The lowest BCUT2D eigenvalue weighted by molar-refractivity contribution is 0.732. The van der Waals surface area contributed by atoms with E-state index < -0.39 is 29.4 Å². The Kier molecular flexibility index (Phi) is 8.02. The Labute approximate surface area is 201 Å². The molecule has 0 fully saturated rings. The fraction of sp³-hybridized carbons (Fsp3) is 1.00. The Morgan fingerprint density at radius 1 is 0.567 bits per heavy atom. The Balaban J connectivity index is 3.96. The highest BCUT2D eigenvalue weighted by molar-refractivity contribution is 8.23. The predicted octanol–water partition coefficient (Wildman–Crippen LogP) is 8.51. The van der Waals surface area contributed by atoms with Crippen LogP contribution < -0.4 is 0 Å². The van der Waals surface area contributed by atoms with E-state index in [0.29, 0.717) is 19.9 Å². The zero-order chi connectivity index (χ0) is 24.6. The van der Waals surface area contributed by atoms with Gasteiger partial charge >= 0.3 is 0 Å². The van der Waals surface area contributed by atoms with E-state index in [2.05, 4.69) is 134 Å². The van der Waals surface area contributed by atoms with Crippen LogP contribution in [0.3, 0.4) is 0 Å². The van der Waals surface area contributed by atoms with E-state index in [1.807, 2.05) is 0 Å². The van der Waals surface area contributed by atoms with Crippen molar-refractivity contribution in [2.24, 2.45) is 0 Å². The first-order valence-electron chi connectivity index (χ1n) is 12.1. The van der Waals surface area contributed by atoms with Gasteiger partial charge < -0.3 is 0 Å². The maximum absolute atomic E-state index is 2.89. The summed E-state index contributed by atoms with van der Waals surface area (Å²) in [7, 11) is -3.90. The van der Waals surface area contributed by atoms with Crippen molar-refractivity contribution in [1.82, 2.24) is 0 Å². The molecule has 0 bridgehead atoms. The summed E-state index contributed by atoms with van der Waals surface area (Å²) in [5, 5.41) is 3.28. The van der Waals surface area contributed by atoms with Gasteiger partial charge in [0.05, 0.1) is 21.8 Å². The third-order valence-electron chi connectivity index (χ3n) is 9.70. The highest BCUT2D eigenvalue weighted by atomic mass is 32.2. The van der Waals surface area contributed by atoms with Gasteiger partial charge in [-0.15, -0.1) is 0 Å². The fourth-order valence-corrected chi connectivity index (χ4v) is 274. The van der Waals surface area contributed by atoms with Crippen LogP contribution in [0, 0.1) is 0 Å². The van der Waals surface area contributed by atoms with Crippen molar-refractivity contribution in [2.45, 2.75) is 142 Å². The summed E-state index contributed by atoms with van der Waals surface area (Å²) in [5.41, 5.74) is 0. The number of thioether (sulfide) groups is 1. The Hall–Kier alpha value is 1.65. The van der Waals surface area contributed by atoms with Crippen molar-refractivity contribution in [3.63, 3.8) is 0 Å². The lowest BCUT2D eigenvalue weighted by Crippen LogP contribution is -2.70. The van der Waals surface area contributed by atoms with Crippen molar-refractivity contribution < 1.29 is 0 Å². The van der Waals surface area contributed by atoms with Gasteiger partial charge in [-0.2, -0.15) is 11.8 Å². The normalized spacial score (nSPS) is 19.4. The van der Waals surface area contributed by atoms with E-state index in [0.717, 1.165) is 0 Å². The topological polar surface area (TPSA) is 0 Å². The Bertz CT molecular complexity index is 655. The fourth-order valence-electron chi connectivity index (χ4n) is 4.68. The van der Waals surface area contributed by atoms with Gasteiger partial charge in [-0.3, -0.25) is 0 Å². The van der Waals surface area contributed by atoms with E-state index in [1.54, 1.807) is 5.38 Å². The first-order valence-corrected chi connectivity index (χ1v) is 33.3. The molecule has 7 heteroatoms. The quantitative estimate of drug-likeness (QED) is 0.320. The zero-order valence-corrected chi connectivity index (χ0v) is 30.9. The average Bonchev–Trinajstić information content (AvgIpc) is 3.13. The Morgan fingerprint density at radius 3 is 1.07 bits per heavy atom. The molecular weight excluding hydrogens is 477 g/mol. The summed E-state index contributed by atoms with van der Waals surface area (Å²) in [6.07, 6.45) is 0. The van der Waals surface area contributed by atoms with Crippen LogP contribution in [0.5, 0.6) is 0 Å². The minimum absolute atomic E-state index is 0.173. The standard InChI is InChI=1S/C23H56SSi6/c1-20(2,3)24-19-30(29(17,18)23(10,11)12)25(27(13,14)21(4,5)6)26(30)28(15,16)22(7,8)9/h19H2,1-18H3. The zero-order valence-electron chi connectivity index (χ0n) is 24.1. The molecule has 0 saturated heterocycles. The molecule has 1 rings (SSSR count). The average molecular weight is 533 g/mol. The Morgan fingerprint density at radius 2 is 0.867 bits per heavy atom. The van der Waals surface area contributed by atoms with Crippen LogP contribution in [-0.2, 0) is 0 Å². The molecule has 0 amide bonds. The first-order chi connectivity index (χ1) is 12.7. The van der Waals surface area contributed by atoms with Gasteiger partial charge in [0, 0.05) is 12.3 Å². The van der Waals surface area contributed by atoms with Crippen LogP contribution in [0.15, 0.2) is 0 Å². The van der Waals surface area contributed by atoms with Gasteiger partial charge in [0.15, 0.2) is 0 Å². The molecule has 1 heterocycles. The molecule has 0 saturated carbocycles. The van der Waals surface area contributed by atoms with Crippen molar-refractivity contribution >= 4 is 55.0 Å². The highest BCUT2D eigenvalue weighted by Gasteiger charge is 2.74. The third-order valence-corrected chi connectivity index (χ3v) is 145. The van der Waals surface area contributed by atoms with Crippen molar-refractivity contribution in [2.75, 3.05) is 5.38 Å². The van der Waals surface area contributed by atoms with Gasteiger partial charge in [0.1, 0.15) is 0 Å². The molecule has 1 aliphatic rings. The molecule has 0 unspecified atom stereocenters. The smallest absolute Gasteiger partial charge is 0.0646 e. The second-order valence-electron chi connectivity index (χ2n) is 15.7. The van der Waals surface area contributed by atoms with Crippen LogP contribution in [0.4, 0.5) is 0 Å². The largest absolute Gasteiger partial charge is 0.159 e. The van der Waals surface area contributed by atoms with Gasteiger partial charge in [0.2, 0.25) is 0 Å². The molecule has 0 aromatic carbocycles. The van der Waals surface area contributed by atoms with Gasteiger partial charge in [-0.05, 0) is 34.3 Å². The first kappa shape index (κ1) is 29.7. The number of rotatable bonds is 5. The second kappa shape index (κ2) is 8.11. The van der Waals surface area contributed by atoms with Gasteiger partial charge in [-0.1, -0.05) is 122 Å². The van der Waals surface area contributed by atoms with Crippen molar-refractivity contribution in [3.8, 4) is 0 Å². The van der Waals surface area contributed by atoms with Crippen LogP contribution in [-0.4, -0.2) is 53.4 Å². The van der Waals surface area contributed by atoms with E-state index in [9.17, 15) is 0 Å². The van der Waals surface area contributed by atoms with Gasteiger partial charge in [0.25, 0.3) is 0 Å². The molecule has 0 nitrogen and oxygen atoms in total. The van der Waals surface area contributed by atoms with Crippen LogP contribution in [0.2, 0.25) is 54.4 Å². The molecule has 0 aromatic rings. The van der Waals surface area contributed by atoms with E-state index in [-0.39, 0.29) is 13.9 Å². The molecule has 0 radical (unpaired) electrons. The highest BCUT2D eigenvalue weighted by Crippen LogP contribution is 2.56. The maximum Gasteiger partial charge on any atom is 0.0646 e. The lowest BCUT2D eigenvalue weighted by Gasteiger charge is -2.50. The third kappa shape index (κ3) is 4.88. The lowest BCUT2D eigenvalue weighted by atomic mass is 10.2. The minimum atomic E-state index is -1.35. The monoisotopic (exact) mass is 532 g/mol. The number of hydrogen-bond donors (Lipinski definition) is 0. The van der Waals surface area contributed by atoms with Crippen LogP contribution >= 0.6 is 11.8 Å². The molecule has 0 N–H and O–H groups in total. The molecule has 0 atom stereocenters. The SMILES string of the molecule is CC(C)(C)SC[Si]1([Si](C)(C)C(C)(C)C)[Si]([Si](C)(C)C(C)(C)C)=[Si]1[Si](C)(C)C(C)(C)C. The summed E-state index contributed by atoms with van der Waals surface area (Å²) < 4.78 is 0.409. The van der Waals surface area contributed by atoms with E-state index in [1.165, 1.54) is 0 Å². The van der Waals surface area contributed by atoms with Crippen LogP contribution in [0.1, 0.15) is 83.1 Å². The van der Waals surface area contributed by atoms with Crippen molar-refractivity contribution in [1.29, 1.82) is 0 Å². The molecule has 30 heavy (non-hydrogen) atoms. The molecule has 1 aliphatic heterocycles. The van der Waals surface area contributed by atoms with Gasteiger partial charge in [-0.25, -0.2) is 0 Å². The molecule has 0 spiro atoms. The predicted molar refractivity (Wildman–Crippen MR) is 161 cm³/mol. The summed E-state index contributed by atoms with van der Waals surface area (Å²) in [5.74, 6) is 0. The van der Waals surface area contributed by atoms with E-state index >= 15 is 0 Å². The van der Waals surface area contributed by atoms with Crippen molar-refractivity contribution in [3.05, 3.63) is 0 Å². The minimum Gasteiger partial charge on any atom is -0.159 e. The van der Waals surface area contributed by atoms with Crippen LogP contribution in [0.25, 0.3) is 0 Å². The summed E-state index contributed by atoms with van der Waals surface area (Å²) in [4.78, 5) is 0. The summed E-state index contributed by atoms with van der Waals surface area (Å²) in [6, 6.07) is 0. The molecule has 0 aliphatic carbocycles. The molecule has 178 valence electrons. The summed E-state index contributed by atoms with van der Waals surface area (Å²) >= 11 is 2.40. The molecular formula is C23H56SSi6. The maximum atomic E-state index is 2.89.